The first kappa shape index (κ1) is 14.9. The van der Waals surface area contributed by atoms with Crippen molar-refractivity contribution in [3.8, 4) is 0 Å². The number of anilines is 1. The first-order valence-electron chi connectivity index (χ1n) is 5.34. The number of carboxylic acids is 1. The molecule has 1 saturated heterocycles. The van der Waals surface area contributed by atoms with Gasteiger partial charge in [0, 0.05) is 13.0 Å². The Bertz CT molecular complexity index is 693. The van der Waals surface area contributed by atoms with Crippen LogP contribution in [-0.4, -0.2) is 42.2 Å². The number of nitrogens with zero attached hydrogens (tertiary/aromatic N) is 2. The van der Waals surface area contributed by atoms with E-state index in [4.69, 9.17) is 5.11 Å². The van der Waals surface area contributed by atoms with Crippen LogP contribution >= 0.6 is 15.9 Å². The molecule has 0 aromatic carbocycles. The number of hydrogen-bond acceptors (Lipinski definition) is 5. The molecule has 0 aliphatic carbocycles. The number of halogens is 2. The summed E-state index contributed by atoms with van der Waals surface area (Å²) in [5, 5.41) is 7.48. The van der Waals surface area contributed by atoms with Crippen LogP contribution < -0.4 is 4.90 Å². The quantitative estimate of drug-likeness (QED) is 0.798. The number of hydrogen-bond donors (Lipinski definition) is 1. The molecule has 0 radical (unpaired) electrons. The summed E-state index contributed by atoms with van der Waals surface area (Å²) in [4.78, 5) is 27.4. The van der Waals surface area contributed by atoms with Gasteiger partial charge in [0.05, 0.1) is 4.47 Å². The van der Waals surface area contributed by atoms with Gasteiger partial charge in [0.2, 0.25) is 5.91 Å². The van der Waals surface area contributed by atoms with Crippen LogP contribution in [0.4, 0.5) is 9.70 Å². The van der Waals surface area contributed by atoms with Crippen LogP contribution in [-0.2, 0) is 15.0 Å². The third kappa shape index (κ3) is 2.80. The molecule has 7 nitrogen and oxygen atoms in total. The lowest BCUT2D eigenvalue weighted by Crippen LogP contribution is -2.28. The summed E-state index contributed by atoms with van der Waals surface area (Å²) in [7, 11) is -4.83. The number of rotatable bonds is 3. The van der Waals surface area contributed by atoms with Gasteiger partial charge < -0.3 is 5.11 Å². The monoisotopic (exact) mass is 366 g/mol. The Labute approximate surface area is 121 Å². The van der Waals surface area contributed by atoms with Gasteiger partial charge in [-0.15, -0.1) is 3.89 Å². The highest BCUT2D eigenvalue weighted by Gasteiger charge is 2.39. The van der Waals surface area contributed by atoms with E-state index in [9.17, 15) is 21.9 Å². The molecular weight excluding hydrogens is 359 g/mol. The SMILES string of the molecule is O=C(O)c1nc(N2CC(S(=O)(=O)F)CC2=O)ccc1Br. The van der Waals surface area contributed by atoms with Crippen molar-refractivity contribution in [2.75, 3.05) is 11.4 Å². The molecule has 1 aliphatic rings. The average Bonchev–Trinajstić information content (AvgIpc) is 2.71. The van der Waals surface area contributed by atoms with Gasteiger partial charge in [-0.3, -0.25) is 9.69 Å². The molecule has 0 bridgehead atoms. The minimum atomic E-state index is -4.83. The fourth-order valence-electron chi connectivity index (χ4n) is 1.82. The van der Waals surface area contributed by atoms with Crippen molar-refractivity contribution < 1.29 is 27.0 Å². The molecule has 20 heavy (non-hydrogen) atoms. The molecule has 1 fully saturated rings. The molecule has 1 N–H and O–H groups in total. The smallest absolute Gasteiger partial charge is 0.355 e. The maximum Gasteiger partial charge on any atom is 0.355 e. The van der Waals surface area contributed by atoms with E-state index in [1.165, 1.54) is 12.1 Å². The standard InChI is InChI=1S/C10H8BrFN2O5S/c11-6-1-2-7(13-9(6)10(16)17)14-4-5(3-8(14)15)20(12,18)19/h1-2,5H,3-4H2,(H,16,17). The van der Waals surface area contributed by atoms with E-state index in [1.54, 1.807) is 0 Å². The van der Waals surface area contributed by atoms with Gasteiger partial charge in [-0.1, -0.05) is 0 Å². The number of carbonyl (C=O) groups is 2. The fraction of sp³-hybridized carbons (Fsp3) is 0.300. The lowest BCUT2D eigenvalue weighted by molar-refractivity contribution is -0.117. The molecule has 1 aromatic heterocycles. The molecule has 2 rings (SSSR count). The summed E-state index contributed by atoms with van der Waals surface area (Å²) in [5.41, 5.74) is -0.318. The normalized spacial score (nSPS) is 19.4. The lowest BCUT2D eigenvalue weighted by Gasteiger charge is -2.15. The number of aromatic nitrogens is 1. The van der Waals surface area contributed by atoms with Crippen LogP contribution in [0.1, 0.15) is 16.9 Å². The van der Waals surface area contributed by atoms with Crippen molar-refractivity contribution >= 4 is 43.8 Å². The van der Waals surface area contributed by atoms with E-state index in [0.717, 1.165) is 4.90 Å². The second kappa shape index (κ2) is 5.09. The van der Waals surface area contributed by atoms with E-state index < -0.39 is 33.8 Å². The highest BCUT2D eigenvalue weighted by Crippen LogP contribution is 2.26. The molecule has 1 aliphatic heterocycles. The summed E-state index contributed by atoms with van der Waals surface area (Å²) in [5.74, 6) is -1.95. The van der Waals surface area contributed by atoms with E-state index >= 15 is 0 Å². The largest absolute Gasteiger partial charge is 0.476 e. The van der Waals surface area contributed by atoms with Crippen molar-refractivity contribution in [3.63, 3.8) is 0 Å². The predicted octanol–water partition coefficient (Wildman–Crippen LogP) is 0.947. The van der Waals surface area contributed by atoms with Crippen molar-refractivity contribution in [1.29, 1.82) is 0 Å². The zero-order valence-electron chi connectivity index (χ0n) is 9.79. The molecular formula is C10H8BrFN2O5S. The molecule has 10 heteroatoms. The topological polar surface area (TPSA) is 105 Å². The zero-order chi connectivity index (χ0) is 15.1. The van der Waals surface area contributed by atoms with E-state index in [-0.39, 0.29) is 22.5 Å². The first-order valence-corrected chi connectivity index (χ1v) is 7.58. The lowest BCUT2D eigenvalue weighted by atomic mass is 10.3. The van der Waals surface area contributed by atoms with E-state index in [1.807, 2.05) is 0 Å². The molecule has 0 saturated carbocycles. The summed E-state index contributed by atoms with van der Waals surface area (Å²) >= 11 is 3.00. The van der Waals surface area contributed by atoms with Gasteiger partial charge in [0.25, 0.3) is 0 Å². The van der Waals surface area contributed by atoms with Crippen LogP contribution in [0, 0.1) is 0 Å². The molecule has 108 valence electrons. The molecule has 1 atom stereocenters. The summed E-state index contributed by atoms with van der Waals surface area (Å²) in [6, 6.07) is 2.72. The highest BCUT2D eigenvalue weighted by molar-refractivity contribution is 9.10. The Morgan fingerprint density at radius 1 is 1.50 bits per heavy atom. The Balaban J connectivity index is 2.36. The summed E-state index contributed by atoms with van der Waals surface area (Å²) in [6.07, 6.45) is -0.487. The van der Waals surface area contributed by atoms with Gasteiger partial charge in [-0.05, 0) is 28.1 Å². The van der Waals surface area contributed by atoms with E-state index in [0.29, 0.717) is 0 Å². The van der Waals surface area contributed by atoms with Crippen LogP contribution in [0.2, 0.25) is 0 Å². The Hall–Kier alpha value is -1.55. The maximum atomic E-state index is 12.9. The summed E-state index contributed by atoms with van der Waals surface area (Å²) in [6.45, 7) is -0.384. The Kier molecular flexibility index (Phi) is 3.78. The van der Waals surface area contributed by atoms with Gasteiger partial charge in [0.1, 0.15) is 11.1 Å². The van der Waals surface area contributed by atoms with Gasteiger partial charge in [0.15, 0.2) is 5.69 Å². The third-order valence-electron chi connectivity index (χ3n) is 2.80. The second-order valence-electron chi connectivity index (χ2n) is 4.11. The first-order chi connectivity index (χ1) is 9.20. The minimum Gasteiger partial charge on any atom is -0.476 e. The Morgan fingerprint density at radius 3 is 2.65 bits per heavy atom. The number of carboxylic acid groups (broad SMARTS) is 1. The van der Waals surface area contributed by atoms with Crippen molar-refractivity contribution in [1.82, 2.24) is 4.98 Å². The van der Waals surface area contributed by atoms with Crippen LogP contribution in [0.25, 0.3) is 0 Å². The predicted molar refractivity (Wildman–Crippen MR) is 69.7 cm³/mol. The van der Waals surface area contributed by atoms with Crippen LogP contribution in [0.5, 0.6) is 0 Å². The molecule has 1 unspecified atom stereocenters. The number of aromatic carboxylic acids is 1. The molecule has 2 heterocycles. The number of pyridine rings is 1. The minimum absolute atomic E-state index is 0.0262. The molecule has 1 aromatic rings. The van der Waals surface area contributed by atoms with Crippen molar-refractivity contribution in [3.05, 3.63) is 22.3 Å². The third-order valence-corrected chi connectivity index (χ3v) is 4.55. The van der Waals surface area contributed by atoms with Crippen molar-refractivity contribution in [2.45, 2.75) is 11.7 Å². The van der Waals surface area contributed by atoms with Crippen LogP contribution in [0.15, 0.2) is 16.6 Å². The number of amides is 1. The van der Waals surface area contributed by atoms with Gasteiger partial charge in [-0.25, -0.2) is 9.78 Å². The maximum absolute atomic E-state index is 12.9. The Morgan fingerprint density at radius 2 is 2.15 bits per heavy atom. The second-order valence-corrected chi connectivity index (χ2v) is 6.58. The average molecular weight is 367 g/mol. The number of carbonyl (C=O) groups excluding carboxylic acids is 1. The summed E-state index contributed by atoms with van der Waals surface area (Å²) < 4.78 is 34.8. The van der Waals surface area contributed by atoms with E-state index in [2.05, 4.69) is 20.9 Å². The van der Waals surface area contributed by atoms with Crippen molar-refractivity contribution in [2.24, 2.45) is 0 Å². The molecule has 1 amide bonds. The fourth-order valence-corrected chi connectivity index (χ4v) is 2.88. The van der Waals surface area contributed by atoms with Crippen LogP contribution in [0.3, 0.4) is 0 Å². The van der Waals surface area contributed by atoms with Gasteiger partial charge >= 0.3 is 16.2 Å². The highest BCUT2D eigenvalue weighted by atomic mass is 79.9. The van der Waals surface area contributed by atoms with Gasteiger partial charge in [-0.2, -0.15) is 8.42 Å². The zero-order valence-corrected chi connectivity index (χ0v) is 12.2. The molecule has 0 spiro atoms.